The lowest BCUT2D eigenvalue weighted by atomic mass is 9.69. The van der Waals surface area contributed by atoms with E-state index in [9.17, 15) is 0 Å². The summed E-state index contributed by atoms with van der Waals surface area (Å²) in [6.45, 7) is 6.34. The lowest BCUT2D eigenvalue weighted by Crippen LogP contribution is -2.36. The Hall–Kier alpha value is -1.74. The first-order chi connectivity index (χ1) is 15.0. The molecule has 1 unspecified atom stereocenters. The third kappa shape index (κ3) is 4.58. The second kappa shape index (κ2) is 9.40. The number of rotatable bonds is 10. The monoisotopic (exact) mass is 425 g/mol. The van der Waals surface area contributed by atoms with Crippen molar-refractivity contribution in [2.45, 2.75) is 95.6 Å². The molecule has 0 radical (unpaired) electrons. The second-order valence-electron chi connectivity index (χ2n) is 9.62. The Labute approximate surface area is 186 Å². The lowest BCUT2D eigenvalue weighted by molar-refractivity contribution is 0.0511. The van der Waals surface area contributed by atoms with Crippen LogP contribution in [-0.4, -0.2) is 17.5 Å². The van der Waals surface area contributed by atoms with Gasteiger partial charge in [0.05, 0.1) is 0 Å². The smallest absolute Gasteiger partial charge is 0.136 e. The molecule has 1 nitrogen and oxygen atoms in total. The van der Waals surface area contributed by atoms with Crippen molar-refractivity contribution < 1.29 is 8.78 Å². The van der Waals surface area contributed by atoms with Gasteiger partial charge in [0.25, 0.3) is 0 Å². The van der Waals surface area contributed by atoms with Crippen molar-refractivity contribution in [2.24, 2.45) is 0 Å². The standard InChI is InChI=1S/C28H37F2N/c1-3-23(31(4-2)21-22-11-6-5-7-12-22)15-16-24-25(27(29)17-9-18-27)13-8-14-26(24)28(30)19-10-20-28/h5-8,11-14,23H,3-4,9-10,15-21H2,1-2H3. The zero-order valence-electron chi connectivity index (χ0n) is 19.2. The predicted octanol–water partition coefficient (Wildman–Crippen LogP) is 7.62. The summed E-state index contributed by atoms with van der Waals surface area (Å²) in [4.78, 5) is 2.51. The van der Waals surface area contributed by atoms with Gasteiger partial charge in [0, 0.05) is 12.6 Å². The number of alkyl halides is 2. The molecule has 0 heterocycles. The summed E-state index contributed by atoms with van der Waals surface area (Å²) in [6, 6.07) is 16.7. The SMILES string of the molecule is CCC(CCc1c(C2(F)CCC2)cccc1C1(F)CCC1)N(CC)Cc1ccccc1. The van der Waals surface area contributed by atoms with Crippen LogP contribution < -0.4 is 0 Å². The zero-order valence-corrected chi connectivity index (χ0v) is 19.2. The van der Waals surface area contributed by atoms with Crippen molar-refractivity contribution in [3.8, 4) is 0 Å². The lowest BCUT2D eigenvalue weighted by Gasteiger charge is -2.41. The first-order valence-corrected chi connectivity index (χ1v) is 12.3. The van der Waals surface area contributed by atoms with Gasteiger partial charge in [0.1, 0.15) is 11.3 Å². The van der Waals surface area contributed by atoms with Gasteiger partial charge in [-0.25, -0.2) is 8.78 Å². The Morgan fingerprint density at radius 3 is 1.87 bits per heavy atom. The number of nitrogens with zero attached hydrogens (tertiary/aromatic N) is 1. The zero-order chi connectivity index (χ0) is 21.9. The van der Waals surface area contributed by atoms with Crippen LogP contribution in [0.5, 0.6) is 0 Å². The largest absolute Gasteiger partial charge is 0.296 e. The number of halogens is 2. The van der Waals surface area contributed by atoms with Gasteiger partial charge in [-0.3, -0.25) is 4.90 Å². The van der Waals surface area contributed by atoms with E-state index in [1.807, 2.05) is 18.2 Å². The molecule has 0 saturated heterocycles. The molecule has 0 spiro atoms. The Morgan fingerprint density at radius 1 is 0.839 bits per heavy atom. The minimum Gasteiger partial charge on any atom is -0.296 e. The average molecular weight is 426 g/mol. The quantitative estimate of drug-likeness (QED) is 0.378. The Balaban J connectivity index is 1.57. The van der Waals surface area contributed by atoms with Gasteiger partial charge >= 0.3 is 0 Å². The molecule has 0 bridgehead atoms. The normalized spacial score (nSPS) is 20.2. The molecule has 2 aromatic rings. The van der Waals surface area contributed by atoms with Crippen LogP contribution in [0.2, 0.25) is 0 Å². The summed E-state index contributed by atoms with van der Waals surface area (Å²) in [5.74, 6) is 0. The molecule has 0 aliphatic heterocycles. The molecule has 1 atom stereocenters. The van der Waals surface area contributed by atoms with Crippen LogP contribution in [0.15, 0.2) is 48.5 Å². The van der Waals surface area contributed by atoms with Gasteiger partial charge < -0.3 is 0 Å². The molecule has 2 aromatic carbocycles. The van der Waals surface area contributed by atoms with Gasteiger partial charge in [-0.1, -0.05) is 62.4 Å². The predicted molar refractivity (Wildman–Crippen MR) is 125 cm³/mol. The van der Waals surface area contributed by atoms with E-state index in [2.05, 4.69) is 49.1 Å². The minimum atomic E-state index is -1.25. The third-order valence-corrected chi connectivity index (χ3v) is 7.78. The fourth-order valence-corrected chi connectivity index (χ4v) is 5.48. The van der Waals surface area contributed by atoms with Gasteiger partial charge in [0.15, 0.2) is 0 Å². The highest BCUT2D eigenvalue weighted by atomic mass is 19.1. The molecule has 2 saturated carbocycles. The summed E-state index contributed by atoms with van der Waals surface area (Å²) in [5, 5.41) is 0. The fourth-order valence-electron chi connectivity index (χ4n) is 5.48. The van der Waals surface area contributed by atoms with E-state index in [0.29, 0.717) is 31.7 Å². The Kier molecular flexibility index (Phi) is 6.81. The molecule has 2 aliphatic carbocycles. The fraction of sp³-hybridized carbons (Fsp3) is 0.571. The summed E-state index contributed by atoms with van der Waals surface area (Å²) >= 11 is 0. The average Bonchev–Trinajstić information content (AvgIpc) is 2.76. The molecular formula is C28H37F2N. The van der Waals surface area contributed by atoms with Crippen molar-refractivity contribution >= 4 is 0 Å². The van der Waals surface area contributed by atoms with Crippen molar-refractivity contribution in [3.05, 3.63) is 70.8 Å². The van der Waals surface area contributed by atoms with E-state index >= 15 is 8.78 Å². The van der Waals surface area contributed by atoms with E-state index in [1.54, 1.807) is 0 Å². The van der Waals surface area contributed by atoms with Gasteiger partial charge in [-0.2, -0.15) is 0 Å². The third-order valence-electron chi connectivity index (χ3n) is 7.78. The number of hydrogen-bond donors (Lipinski definition) is 0. The Bertz CT molecular complexity index is 816. The maximum Gasteiger partial charge on any atom is 0.136 e. The molecular weight excluding hydrogens is 388 g/mol. The van der Waals surface area contributed by atoms with Crippen molar-refractivity contribution in [3.63, 3.8) is 0 Å². The van der Waals surface area contributed by atoms with Crippen LogP contribution >= 0.6 is 0 Å². The molecule has 0 aromatic heterocycles. The first kappa shape index (κ1) is 22.5. The van der Waals surface area contributed by atoms with Crippen LogP contribution in [0.1, 0.15) is 87.5 Å². The number of hydrogen-bond acceptors (Lipinski definition) is 1. The minimum absolute atomic E-state index is 0.403. The Morgan fingerprint density at radius 2 is 1.42 bits per heavy atom. The summed E-state index contributed by atoms with van der Waals surface area (Å²) in [5.41, 5.74) is 1.35. The molecule has 168 valence electrons. The molecule has 31 heavy (non-hydrogen) atoms. The van der Waals surface area contributed by atoms with Crippen molar-refractivity contribution in [1.29, 1.82) is 0 Å². The number of benzene rings is 2. The van der Waals surface area contributed by atoms with Gasteiger partial charge in [0.2, 0.25) is 0 Å². The van der Waals surface area contributed by atoms with Crippen molar-refractivity contribution in [1.82, 2.24) is 4.90 Å². The van der Waals surface area contributed by atoms with E-state index in [-0.39, 0.29) is 0 Å². The summed E-state index contributed by atoms with van der Waals surface area (Å²) in [7, 11) is 0. The van der Waals surface area contributed by atoms with Gasteiger partial charge in [-0.15, -0.1) is 0 Å². The highest BCUT2D eigenvalue weighted by molar-refractivity contribution is 5.44. The van der Waals surface area contributed by atoms with Crippen molar-refractivity contribution in [2.75, 3.05) is 6.54 Å². The molecule has 2 aliphatic rings. The van der Waals surface area contributed by atoms with E-state index < -0.39 is 11.3 Å². The highest BCUT2D eigenvalue weighted by Crippen LogP contribution is 2.51. The van der Waals surface area contributed by atoms with Crippen LogP contribution in [0, 0.1) is 0 Å². The van der Waals surface area contributed by atoms with Crippen LogP contribution in [-0.2, 0) is 24.3 Å². The topological polar surface area (TPSA) is 3.24 Å². The van der Waals surface area contributed by atoms with Crippen LogP contribution in [0.4, 0.5) is 8.78 Å². The van der Waals surface area contributed by atoms with E-state index in [1.165, 1.54) is 5.56 Å². The van der Waals surface area contributed by atoms with E-state index in [0.717, 1.165) is 61.9 Å². The molecule has 4 rings (SSSR count). The second-order valence-corrected chi connectivity index (χ2v) is 9.62. The molecule has 0 N–H and O–H groups in total. The summed E-state index contributed by atoms with van der Waals surface area (Å²) in [6.07, 6.45) is 6.91. The maximum absolute atomic E-state index is 15.6. The molecule has 2 fully saturated rings. The summed E-state index contributed by atoms with van der Waals surface area (Å²) < 4.78 is 31.1. The molecule has 0 amide bonds. The molecule has 3 heteroatoms. The first-order valence-electron chi connectivity index (χ1n) is 12.3. The van der Waals surface area contributed by atoms with E-state index in [4.69, 9.17) is 0 Å². The maximum atomic E-state index is 15.6. The van der Waals surface area contributed by atoms with Gasteiger partial charge in [-0.05, 0) is 86.6 Å². The van der Waals surface area contributed by atoms with Crippen LogP contribution in [0.25, 0.3) is 0 Å². The highest BCUT2D eigenvalue weighted by Gasteiger charge is 2.45. The van der Waals surface area contributed by atoms with Crippen LogP contribution in [0.3, 0.4) is 0 Å².